The quantitative estimate of drug-likeness (QED) is 0.329. The van der Waals surface area contributed by atoms with E-state index in [0.717, 1.165) is 27.8 Å². The van der Waals surface area contributed by atoms with Gasteiger partial charge in [0, 0.05) is 23.7 Å². The summed E-state index contributed by atoms with van der Waals surface area (Å²) in [5.41, 5.74) is 6.14. The van der Waals surface area contributed by atoms with Crippen LogP contribution in [0.5, 0.6) is 0 Å². The number of carbonyl (C=O) groups is 1. The lowest BCUT2D eigenvalue weighted by molar-refractivity contribution is -0.114. The zero-order chi connectivity index (χ0) is 17.6. The molecule has 0 unspecified atom stereocenters. The van der Waals surface area contributed by atoms with E-state index in [1.807, 2.05) is 30.3 Å². The number of hydrazone groups is 1. The number of benzene rings is 2. The van der Waals surface area contributed by atoms with Gasteiger partial charge < -0.3 is 10.6 Å². The fourth-order valence-corrected chi connectivity index (χ4v) is 2.37. The Kier molecular flexibility index (Phi) is 5.00. The third kappa shape index (κ3) is 4.61. The third-order valence-electron chi connectivity index (χ3n) is 3.31. The first kappa shape index (κ1) is 16.6. The van der Waals surface area contributed by atoms with Gasteiger partial charge in [0.15, 0.2) is 5.11 Å². The molecule has 0 aliphatic carbocycles. The number of carbonyl (C=O) groups excluding carboxylic acids is 1. The van der Waals surface area contributed by atoms with Crippen LogP contribution in [-0.2, 0) is 4.79 Å². The van der Waals surface area contributed by atoms with Crippen LogP contribution in [0, 0.1) is 0 Å². The van der Waals surface area contributed by atoms with Gasteiger partial charge in [0.05, 0.1) is 17.9 Å². The monoisotopic (exact) mass is 352 g/mol. The molecule has 1 amide bonds. The first-order valence-corrected chi connectivity index (χ1v) is 7.92. The Hall–Kier alpha value is -3.26. The Morgan fingerprint density at radius 2 is 1.92 bits per heavy atom. The summed E-state index contributed by atoms with van der Waals surface area (Å²) in [4.78, 5) is 11.0. The van der Waals surface area contributed by atoms with Crippen LogP contribution >= 0.6 is 12.2 Å². The van der Waals surface area contributed by atoms with E-state index in [2.05, 4.69) is 31.4 Å². The Balaban J connectivity index is 1.54. The van der Waals surface area contributed by atoms with E-state index in [4.69, 9.17) is 12.2 Å². The molecular weight excluding hydrogens is 336 g/mol. The lowest BCUT2D eigenvalue weighted by Crippen LogP contribution is -2.23. The van der Waals surface area contributed by atoms with Crippen LogP contribution in [0.25, 0.3) is 10.9 Å². The predicted molar refractivity (Wildman–Crippen MR) is 104 cm³/mol. The number of anilines is 2. The number of nitrogens with zero attached hydrogens (tertiary/aromatic N) is 2. The highest BCUT2D eigenvalue weighted by Gasteiger charge is 2.00. The first-order chi connectivity index (χ1) is 12.1. The second-order valence-corrected chi connectivity index (χ2v) is 5.71. The summed E-state index contributed by atoms with van der Waals surface area (Å²) >= 11 is 5.21. The molecule has 7 nitrogen and oxygen atoms in total. The molecule has 3 aromatic rings. The van der Waals surface area contributed by atoms with Gasteiger partial charge in [-0.2, -0.15) is 10.2 Å². The van der Waals surface area contributed by atoms with Gasteiger partial charge in [-0.1, -0.05) is 12.1 Å². The smallest absolute Gasteiger partial charge is 0.221 e. The van der Waals surface area contributed by atoms with Gasteiger partial charge in [0.2, 0.25) is 5.91 Å². The fourth-order valence-electron chi connectivity index (χ4n) is 2.20. The van der Waals surface area contributed by atoms with Crippen LogP contribution in [0.15, 0.2) is 53.8 Å². The van der Waals surface area contributed by atoms with Crippen molar-refractivity contribution in [3.63, 3.8) is 0 Å². The molecule has 0 saturated carbocycles. The summed E-state index contributed by atoms with van der Waals surface area (Å²) in [7, 11) is 0. The molecule has 2 aromatic carbocycles. The minimum atomic E-state index is -0.104. The van der Waals surface area contributed by atoms with E-state index >= 15 is 0 Å². The summed E-state index contributed by atoms with van der Waals surface area (Å²) < 4.78 is 0. The van der Waals surface area contributed by atoms with Gasteiger partial charge in [-0.25, -0.2) is 0 Å². The predicted octanol–water partition coefficient (Wildman–Crippen LogP) is 2.84. The van der Waals surface area contributed by atoms with Gasteiger partial charge in [-0.05, 0) is 48.1 Å². The van der Waals surface area contributed by atoms with E-state index in [9.17, 15) is 4.79 Å². The molecule has 0 radical (unpaired) electrons. The van der Waals surface area contributed by atoms with Crippen molar-refractivity contribution < 1.29 is 4.79 Å². The van der Waals surface area contributed by atoms with Crippen molar-refractivity contribution in [3.05, 3.63) is 54.2 Å². The molecule has 4 N–H and O–H groups in total. The first-order valence-electron chi connectivity index (χ1n) is 7.51. The molecule has 0 fully saturated rings. The van der Waals surface area contributed by atoms with Crippen molar-refractivity contribution in [2.75, 3.05) is 10.6 Å². The van der Waals surface area contributed by atoms with Crippen LogP contribution in [0.1, 0.15) is 12.5 Å². The maximum atomic E-state index is 11.0. The highest BCUT2D eigenvalue weighted by molar-refractivity contribution is 7.80. The molecule has 8 heteroatoms. The second-order valence-electron chi connectivity index (χ2n) is 5.30. The second kappa shape index (κ2) is 7.54. The molecule has 0 atom stereocenters. The minimum Gasteiger partial charge on any atom is -0.331 e. The topological polar surface area (TPSA) is 94.2 Å². The number of aromatic amines is 1. The molecule has 1 aromatic heterocycles. The average Bonchev–Trinajstić information content (AvgIpc) is 3.03. The number of fused-ring (bicyclic) bond motifs is 1. The van der Waals surface area contributed by atoms with E-state index in [1.54, 1.807) is 24.5 Å². The van der Waals surface area contributed by atoms with E-state index in [1.165, 1.54) is 6.92 Å². The van der Waals surface area contributed by atoms with Crippen LogP contribution in [0.3, 0.4) is 0 Å². The molecule has 0 aliphatic heterocycles. The van der Waals surface area contributed by atoms with Gasteiger partial charge in [0.1, 0.15) is 0 Å². The lowest BCUT2D eigenvalue weighted by Gasteiger charge is -2.07. The SMILES string of the molecule is CC(=O)Nc1ccc(/C=N\NC(=S)Nc2ccc3cn[nH]c3c2)cc1. The molecule has 0 bridgehead atoms. The zero-order valence-electron chi connectivity index (χ0n) is 13.4. The third-order valence-corrected chi connectivity index (χ3v) is 3.50. The minimum absolute atomic E-state index is 0.104. The van der Waals surface area contributed by atoms with Gasteiger partial charge >= 0.3 is 0 Å². The Morgan fingerprint density at radius 1 is 1.16 bits per heavy atom. The van der Waals surface area contributed by atoms with Gasteiger partial charge in [0.25, 0.3) is 0 Å². The fraction of sp³-hybridized carbons (Fsp3) is 0.0588. The van der Waals surface area contributed by atoms with Crippen LogP contribution in [0.4, 0.5) is 11.4 Å². The summed E-state index contributed by atoms with van der Waals surface area (Å²) in [5.74, 6) is -0.104. The standard InChI is InChI=1S/C17H16N6OS/c1-11(24)20-14-5-2-12(3-6-14)9-18-23-17(25)21-15-7-4-13-10-19-22-16(13)8-15/h2-10H,1H3,(H,19,22)(H,20,24)(H2,21,23,25)/b18-9-. The molecule has 1 heterocycles. The van der Waals surface area contributed by atoms with Gasteiger partial charge in [-0.15, -0.1) is 0 Å². The summed E-state index contributed by atoms with van der Waals surface area (Å²) in [6, 6.07) is 13.1. The Labute approximate surface area is 149 Å². The largest absolute Gasteiger partial charge is 0.331 e. The number of hydrogen-bond acceptors (Lipinski definition) is 4. The van der Waals surface area contributed by atoms with E-state index in [0.29, 0.717) is 5.11 Å². The van der Waals surface area contributed by atoms with Gasteiger partial charge in [-0.3, -0.25) is 15.3 Å². The average molecular weight is 352 g/mol. The number of rotatable bonds is 4. The maximum Gasteiger partial charge on any atom is 0.221 e. The van der Waals surface area contributed by atoms with Crippen molar-refractivity contribution in [2.24, 2.45) is 5.10 Å². The van der Waals surface area contributed by atoms with E-state index in [-0.39, 0.29) is 5.91 Å². The van der Waals surface area contributed by atoms with Crippen LogP contribution < -0.4 is 16.1 Å². The molecule has 3 rings (SSSR count). The number of thiocarbonyl (C=S) groups is 1. The highest BCUT2D eigenvalue weighted by Crippen LogP contribution is 2.16. The van der Waals surface area contributed by atoms with Crippen LogP contribution in [-0.4, -0.2) is 27.4 Å². The Morgan fingerprint density at radius 3 is 2.68 bits per heavy atom. The molecule has 25 heavy (non-hydrogen) atoms. The molecule has 126 valence electrons. The lowest BCUT2D eigenvalue weighted by atomic mass is 10.2. The van der Waals surface area contributed by atoms with Crippen molar-refractivity contribution >= 4 is 51.7 Å². The number of hydrogen-bond donors (Lipinski definition) is 4. The number of aromatic nitrogens is 2. The van der Waals surface area contributed by atoms with Crippen molar-refractivity contribution in [2.45, 2.75) is 6.92 Å². The molecule has 0 spiro atoms. The highest BCUT2D eigenvalue weighted by atomic mass is 32.1. The zero-order valence-corrected chi connectivity index (χ0v) is 14.2. The number of H-pyrrole nitrogens is 1. The summed E-state index contributed by atoms with van der Waals surface area (Å²) in [6.45, 7) is 1.47. The number of nitrogens with one attached hydrogen (secondary N) is 4. The van der Waals surface area contributed by atoms with Crippen molar-refractivity contribution in [3.8, 4) is 0 Å². The maximum absolute atomic E-state index is 11.0. The molecular formula is C17H16N6OS. The number of amides is 1. The molecule has 0 saturated heterocycles. The van der Waals surface area contributed by atoms with Crippen LogP contribution in [0.2, 0.25) is 0 Å². The summed E-state index contributed by atoms with van der Waals surface area (Å²) in [6.07, 6.45) is 3.40. The normalized spacial score (nSPS) is 10.8. The van der Waals surface area contributed by atoms with Crippen molar-refractivity contribution in [1.29, 1.82) is 0 Å². The van der Waals surface area contributed by atoms with Crippen molar-refractivity contribution in [1.82, 2.24) is 15.6 Å². The molecule has 0 aliphatic rings. The van der Waals surface area contributed by atoms with E-state index < -0.39 is 0 Å². The summed E-state index contributed by atoms with van der Waals surface area (Å²) in [5, 5.41) is 18.1. The Bertz CT molecular complexity index is 932.